The standard InChI is InChI=1S/C37H33Cl3N4O8S/c1-37(2,3)51-30(45)13-12-21-8-7-9-24-25(20-42(4)34(21)24)35(46)32-33(31-26(39)18-23(38)19-27(31)40)41-52-36(32)22-14-16-43(17-15-22)53(49,50)29-11-6-5-10-28(29)44(47)48/h5-13,18-20,22H,14-17H2,1-4H3/b13-12+. The molecule has 3 heterocycles. The molecule has 12 nitrogen and oxygen atoms in total. The van der Waals surface area contributed by atoms with Gasteiger partial charge in [0.25, 0.3) is 5.69 Å². The molecule has 0 atom stereocenters. The topological polar surface area (TPSA) is 155 Å². The Morgan fingerprint density at radius 3 is 2.34 bits per heavy atom. The lowest BCUT2D eigenvalue weighted by Gasteiger charge is -2.30. The van der Waals surface area contributed by atoms with Crippen LogP contribution in [-0.4, -0.2) is 57.8 Å². The molecule has 0 saturated carbocycles. The molecule has 5 aromatic rings. The van der Waals surface area contributed by atoms with Crippen molar-refractivity contribution in [3.63, 3.8) is 0 Å². The first-order valence-corrected chi connectivity index (χ1v) is 19.0. The van der Waals surface area contributed by atoms with Crippen LogP contribution < -0.4 is 0 Å². The number of aryl methyl sites for hydroxylation is 1. The average Bonchev–Trinajstić information content (AvgIpc) is 3.67. The van der Waals surface area contributed by atoms with E-state index in [-0.39, 0.29) is 63.6 Å². The number of halogens is 3. The third-order valence-electron chi connectivity index (χ3n) is 8.78. The molecule has 0 spiro atoms. The normalized spacial score (nSPS) is 14.6. The molecule has 0 unspecified atom stereocenters. The van der Waals surface area contributed by atoms with Gasteiger partial charge < -0.3 is 13.8 Å². The summed E-state index contributed by atoms with van der Waals surface area (Å²) >= 11 is 19.5. The number of sulfonamides is 1. The summed E-state index contributed by atoms with van der Waals surface area (Å²) in [6, 6.07) is 13.5. The van der Waals surface area contributed by atoms with Gasteiger partial charge in [-0.15, -0.1) is 0 Å². The number of aromatic nitrogens is 2. The second kappa shape index (κ2) is 14.7. The predicted octanol–water partition coefficient (Wildman–Crippen LogP) is 8.86. The van der Waals surface area contributed by atoms with Gasteiger partial charge in [-0.2, -0.15) is 4.31 Å². The van der Waals surface area contributed by atoms with Crippen molar-refractivity contribution in [1.82, 2.24) is 14.0 Å². The van der Waals surface area contributed by atoms with Crippen molar-refractivity contribution in [2.75, 3.05) is 13.1 Å². The minimum absolute atomic E-state index is 0.00716. The molecule has 16 heteroatoms. The Balaban J connectivity index is 1.40. The number of nitrogens with zero attached hydrogens (tertiary/aromatic N) is 4. The van der Waals surface area contributed by atoms with Gasteiger partial charge in [-0.1, -0.05) is 70.3 Å². The largest absolute Gasteiger partial charge is 0.457 e. The minimum atomic E-state index is -4.22. The van der Waals surface area contributed by atoms with Crippen LogP contribution in [0.2, 0.25) is 15.1 Å². The number of ketones is 1. The van der Waals surface area contributed by atoms with Crippen molar-refractivity contribution in [1.29, 1.82) is 0 Å². The summed E-state index contributed by atoms with van der Waals surface area (Å²) in [6.07, 6.45) is 5.06. The molecular weight excluding hydrogens is 767 g/mol. The van der Waals surface area contributed by atoms with Gasteiger partial charge in [0, 0.05) is 65.9 Å². The summed E-state index contributed by atoms with van der Waals surface area (Å²) in [5, 5.41) is 17.0. The molecule has 1 saturated heterocycles. The number of benzene rings is 3. The van der Waals surface area contributed by atoms with Crippen molar-refractivity contribution >= 4 is 79.2 Å². The summed E-state index contributed by atoms with van der Waals surface area (Å²) in [4.78, 5) is 37.8. The number of rotatable bonds is 9. The van der Waals surface area contributed by atoms with Crippen LogP contribution >= 0.6 is 34.8 Å². The molecule has 1 aliphatic heterocycles. The van der Waals surface area contributed by atoms with Gasteiger partial charge >= 0.3 is 5.97 Å². The van der Waals surface area contributed by atoms with Crippen LogP contribution in [0.3, 0.4) is 0 Å². The first-order valence-electron chi connectivity index (χ1n) is 16.4. The lowest BCUT2D eigenvalue weighted by Crippen LogP contribution is -2.38. The first-order chi connectivity index (χ1) is 25.0. The first kappa shape index (κ1) is 38.2. The van der Waals surface area contributed by atoms with Crippen molar-refractivity contribution in [2.24, 2.45) is 7.05 Å². The number of piperidine rings is 1. The zero-order valence-electron chi connectivity index (χ0n) is 28.9. The van der Waals surface area contributed by atoms with Gasteiger partial charge in [0.1, 0.15) is 11.3 Å². The van der Waals surface area contributed by atoms with Crippen molar-refractivity contribution < 1.29 is 32.2 Å². The maximum absolute atomic E-state index is 14.8. The quantitative estimate of drug-likeness (QED) is 0.0468. The highest BCUT2D eigenvalue weighted by molar-refractivity contribution is 7.89. The highest BCUT2D eigenvalue weighted by Gasteiger charge is 2.38. The van der Waals surface area contributed by atoms with Gasteiger partial charge in [0.2, 0.25) is 15.8 Å². The van der Waals surface area contributed by atoms with Crippen molar-refractivity contribution in [2.45, 2.75) is 50.0 Å². The van der Waals surface area contributed by atoms with E-state index in [0.717, 1.165) is 6.07 Å². The smallest absolute Gasteiger partial charge is 0.331 e. The molecule has 0 amide bonds. The zero-order valence-corrected chi connectivity index (χ0v) is 32.0. The highest BCUT2D eigenvalue weighted by atomic mass is 35.5. The van der Waals surface area contributed by atoms with Crippen molar-refractivity contribution in [3.05, 3.63) is 115 Å². The summed E-state index contributed by atoms with van der Waals surface area (Å²) in [7, 11) is -2.44. The van der Waals surface area contributed by atoms with E-state index in [9.17, 15) is 28.1 Å². The summed E-state index contributed by atoms with van der Waals surface area (Å²) in [5.74, 6) is -1.23. The molecule has 0 bridgehead atoms. The lowest BCUT2D eigenvalue weighted by molar-refractivity contribution is -0.387. The number of ether oxygens (including phenoxy) is 1. The number of nitro benzene ring substituents is 1. The monoisotopic (exact) mass is 798 g/mol. The van der Waals surface area contributed by atoms with E-state index < -0.39 is 48.8 Å². The van der Waals surface area contributed by atoms with Crippen molar-refractivity contribution in [3.8, 4) is 11.3 Å². The SMILES string of the molecule is Cn1cc(C(=O)c2c(-c3c(Cl)cc(Cl)cc3Cl)noc2C2CCN(S(=O)(=O)c3ccccc3[N+](=O)[O-])CC2)c2cccc(/C=C/C(=O)OC(C)(C)C)c21. The summed E-state index contributed by atoms with van der Waals surface area (Å²) in [5.41, 5.74) is 0.866. The number of hydrogen-bond donors (Lipinski definition) is 0. The molecule has 1 fully saturated rings. The van der Waals surface area contributed by atoms with E-state index in [1.807, 2.05) is 6.07 Å². The van der Waals surface area contributed by atoms with Gasteiger partial charge in [0.05, 0.1) is 26.0 Å². The number of nitro groups is 1. The molecule has 2 aromatic heterocycles. The number of para-hydroxylation sites is 2. The van der Waals surface area contributed by atoms with Crippen LogP contribution in [-0.2, 0) is 26.6 Å². The third kappa shape index (κ3) is 7.62. The van der Waals surface area contributed by atoms with E-state index >= 15 is 0 Å². The fraction of sp³-hybridized carbons (Fsp3) is 0.270. The third-order valence-corrected chi connectivity index (χ3v) is 11.5. The molecule has 0 aliphatic carbocycles. The van der Waals surface area contributed by atoms with E-state index in [1.54, 1.807) is 56.8 Å². The number of esters is 1. The Bertz CT molecular complexity index is 2400. The van der Waals surface area contributed by atoms with Gasteiger partial charge in [-0.05, 0) is 63.5 Å². The van der Waals surface area contributed by atoms with Gasteiger partial charge in [0.15, 0.2) is 10.7 Å². The minimum Gasteiger partial charge on any atom is -0.457 e. The molecule has 276 valence electrons. The predicted molar refractivity (Wildman–Crippen MR) is 202 cm³/mol. The Kier molecular flexibility index (Phi) is 10.6. The van der Waals surface area contributed by atoms with E-state index in [0.29, 0.717) is 22.0 Å². The molecule has 6 rings (SSSR count). The second-order valence-corrected chi connectivity index (χ2v) is 16.7. The lowest BCUT2D eigenvalue weighted by atomic mass is 9.88. The Morgan fingerprint density at radius 2 is 1.70 bits per heavy atom. The van der Waals surface area contributed by atoms with Crippen LogP contribution in [0.15, 0.2) is 76.3 Å². The van der Waals surface area contributed by atoms with Crippen LogP contribution in [0.25, 0.3) is 28.2 Å². The second-order valence-electron chi connectivity index (χ2n) is 13.5. The van der Waals surface area contributed by atoms with Crippen LogP contribution in [0, 0.1) is 10.1 Å². The Morgan fingerprint density at radius 1 is 1.04 bits per heavy atom. The van der Waals surface area contributed by atoms with Crippen LogP contribution in [0.5, 0.6) is 0 Å². The van der Waals surface area contributed by atoms with E-state index in [2.05, 4.69) is 5.16 Å². The molecule has 0 N–H and O–H groups in total. The highest BCUT2D eigenvalue weighted by Crippen LogP contribution is 2.44. The average molecular weight is 800 g/mol. The number of carbonyl (C=O) groups excluding carboxylic acids is 2. The molecule has 1 aliphatic rings. The van der Waals surface area contributed by atoms with Gasteiger partial charge in [-0.25, -0.2) is 13.2 Å². The van der Waals surface area contributed by atoms with Crippen LogP contribution in [0.4, 0.5) is 5.69 Å². The Labute approximate surface area is 320 Å². The molecular formula is C37H33Cl3N4O8S. The van der Waals surface area contributed by atoms with E-state index in [4.69, 9.17) is 44.1 Å². The summed E-state index contributed by atoms with van der Waals surface area (Å²) < 4.78 is 41.4. The molecule has 3 aromatic carbocycles. The number of hydrogen-bond acceptors (Lipinski definition) is 9. The number of fused-ring (bicyclic) bond motifs is 1. The fourth-order valence-corrected chi connectivity index (χ4v) is 9.13. The maximum Gasteiger partial charge on any atom is 0.331 e. The van der Waals surface area contributed by atoms with E-state index in [1.165, 1.54) is 40.7 Å². The fourth-order valence-electron chi connectivity index (χ4n) is 6.51. The maximum atomic E-state index is 14.8. The number of carbonyl (C=O) groups is 2. The van der Waals surface area contributed by atoms with Crippen LogP contribution in [0.1, 0.15) is 66.8 Å². The van der Waals surface area contributed by atoms with Gasteiger partial charge in [-0.3, -0.25) is 14.9 Å². The Hall–Kier alpha value is -4.53. The summed E-state index contributed by atoms with van der Waals surface area (Å²) in [6.45, 7) is 5.31. The molecule has 0 radical (unpaired) electrons. The zero-order chi connectivity index (χ0) is 38.4. The molecule has 53 heavy (non-hydrogen) atoms.